The van der Waals surface area contributed by atoms with Gasteiger partial charge in [0.15, 0.2) is 5.78 Å². The summed E-state index contributed by atoms with van der Waals surface area (Å²) in [4.78, 5) is 14.3. The first kappa shape index (κ1) is 12.1. The van der Waals surface area contributed by atoms with E-state index in [1.807, 2.05) is 31.2 Å². The van der Waals surface area contributed by atoms with Crippen LogP contribution in [0.1, 0.15) is 30.1 Å². The molecule has 1 aliphatic rings. The van der Waals surface area contributed by atoms with Crippen molar-refractivity contribution < 1.29 is 9.53 Å². The number of benzene rings is 1. The molecular weight excluding hydrogens is 214 g/mol. The number of hydrogen-bond donors (Lipinski definition) is 0. The van der Waals surface area contributed by atoms with Crippen LogP contribution in [0.25, 0.3) is 0 Å². The van der Waals surface area contributed by atoms with E-state index in [4.69, 9.17) is 4.74 Å². The number of para-hydroxylation sites is 1. The van der Waals surface area contributed by atoms with Crippen LogP contribution in [0.4, 0.5) is 5.69 Å². The first-order valence-corrected chi connectivity index (χ1v) is 6.28. The molecule has 1 saturated heterocycles. The number of nitrogens with zero attached hydrogens (tertiary/aromatic N) is 1. The molecule has 0 amide bonds. The fourth-order valence-corrected chi connectivity index (χ4v) is 2.15. The predicted molar refractivity (Wildman–Crippen MR) is 68.7 cm³/mol. The largest absolute Gasteiger partial charge is 0.378 e. The van der Waals surface area contributed by atoms with Gasteiger partial charge in [-0.15, -0.1) is 0 Å². The molecule has 0 spiro atoms. The smallest absolute Gasteiger partial charge is 0.164 e. The summed E-state index contributed by atoms with van der Waals surface area (Å²) in [7, 11) is 0. The summed E-state index contributed by atoms with van der Waals surface area (Å²) in [6.07, 6.45) is 1.53. The Hall–Kier alpha value is -1.35. The fourth-order valence-electron chi connectivity index (χ4n) is 2.15. The van der Waals surface area contributed by atoms with Gasteiger partial charge in [-0.3, -0.25) is 4.79 Å². The molecule has 0 saturated carbocycles. The van der Waals surface area contributed by atoms with Gasteiger partial charge in [0, 0.05) is 30.8 Å². The van der Waals surface area contributed by atoms with Gasteiger partial charge in [0.25, 0.3) is 0 Å². The highest BCUT2D eigenvalue weighted by Gasteiger charge is 2.17. The van der Waals surface area contributed by atoms with E-state index in [9.17, 15) is 4.79 Å². The zero-order valence-electron chi connectivity index (χ0n) is 10.3. The number of ketones is 1. The van der Waals surface area contributed by atoms with Gasteiger partial charge in [0.05, 0.1) is 13.2 Å². The SMILES string of the molecule is CCCC(=O)c1ccccc1N1CCOCC1. The average Bonchev–Trinajstić information content (AvgIpc) is 2.40. The Kier molecular flexibility index (Phi) is 4.15. The molecule has 92 valence electrons. The molecule has 17 heavy (non-hydrogen) atoms. The Morgan fingerprint density at radius 2 is 2.00 bits per heavy atom. The number of carbonyl (C=O) groups is 1. The Labute approximate surface area is 102 Å². The van der Waals surface area contributed by atoms with Crippen LogP contribution in [0.5, 0.6) is 0 Å². The summed E-state index contributed by atoms with van der Waals surface area (Å²) >= 11 is 0. The first-order valence-electron chi connectivity index (χ1n) is 6.28. The van der Waals surface area contributed by atoms with Crippen LogP contribution >= 0.6 is 0 Å². The second kappa shape index (κ2) is 5.82. The van der Waals surface area contributed by atoms with E-state index >= 15 is 0 Å². The van der Waals surface area contributed by atoms with E-state index in [0.29, 0.717) is 6.42 Å². The van der Waals surface area contributed by atoms with Crippen molar-refractivity contribution in [1.29, 1.82) is 0 Å². The van der Waals surface area contributed by atoms with Crippen LogP contribution in [0, 0.1) is 0 Å². The summed E-state index contributed by atoms with van der Waals surface area (Å²) in [5, 5.41) is 0. The molecule has 1 fully saturated rings. The Bertz CT molecular complexity index is 384. The molecule has 2 rings (SSSR count). The van der Waals surface area contributed by atoms with Gasteiger partial charge in [0.1, 0.15) is 0 Å². The van der Waals surface area contributed by atoms with Gasteiger partial charge >= 0.3 is 0 Å². The van der Waals surface area contributed by atoms with Crippen molar-refractivity contribution in [2.24, 2.45) is 0 Å². The quantitative estimate of drug-likeness (QED) is 0.748. The monoisotopic (exact) mass is 233 g/mol. The molecule has 0 atom stereocenters. The molecule has 0 aromatic heterocycles. The Morgan fingerprint density at radius 3 is 2.71 bits per heavy atom. The minimum Gasteiger partial charge on any atom is -0.378 e. The van der Waals surface area contributed by atoms with Crippen LogP contribution < -0.4 is 4.90 Å². The van der Waals surface area contributed by atoms with E-state index in [-0.39, 0.29) is 5.78 Å². The second-order valence-electron chi connectivity index (χ2n) is 4.29. The first-order chi connectivity index (χ1) is 8.33. The van der Waals surface area contributed by atoms with Gasteiger partial charge < -0.3 is 9.64 Å². The maximum Gasteiger partial charge on any atom is 0.164 e. The third-order valence-corrected chi connectivity index (χ3v) is 3.03. The van der Waals surface area contributed by atoms with Crippen molar-refractivity contribution in [3.05, 3.63) is 29.8 Å². The van der Waals surface area contributed by atoms with Gasteiger partial charge in [-0.1, -0.05) is 19.1 Å². The average molecular weight is 233 g/mol. The lowest BCUT2D eigenvalue weighted by atomic mass is 10.0. The lowest BCUT2D eigenvalue weighted by Gasteiger charge is -2.30. The molecule has 3 nitrogen and oxygen atoms in total. The number of rotatable bonds is 4. The van der Waals surface area contributed by atoms with Crippen molar-refractivity contribution in [3.8, 4) is 0 Å². The van der Waals surface area contributed by atoms with Gasteiger partial charge in [0.2, 0.25) is 0 Å². The van der Waals surface area contributed by atoms with Crippen LogP contribution in [-0.2, 0) is 4.74 Å². The Morgan fingerprint density at radius 1 is 1.29 bits per heavy atom. The second-order valence-corrected chi connectivity index (χ2v) is 4.29. The number of ether oxygens (including phenoxy) is 1. The van der Waals surface area contributed by atoms with Crippen molar-refractivity contribution in [3.63, 3.8) is 0 Å². The number of hydrogen-bond acceptors (Lipinski definition) is 3. The maximum absolute atomic E-state index is 12.1. The highest BCUT2D eigenvalue weighted by molar-refractivity contribution is 6.01. The van der Waals surface area contributed by atoms with Gasteiger partial charge in [-0.25, -0.2) is 0 Å². The molecule has 0 bridgehead atoms. The third kappa shape index (κ3) is 2.86. The predicted octanol–water partition coefficient (Wildman–Crippen LogP) is 2.51. The van der Waals surface area contributed by atoms with E-state index < -0.39 is 0 Å². The topological polar surface area (TPSA) is 29.5 Å². The zero-order chi connectivity index (χ0) is 12.1. The fraction of sp³-hybridized carbons (Fsp3) is 0.500. The van der Waals surface area contributed by atoms with Crippen molar-refractivity contribution >= 4 is 11.5 Å². The summed E-state index contributed by atoms with van der Waals surface area (Å²) in [5.41, 5.74) is 1.92. The van der Waals surface area contributed by atoms with Crippen LogP contribution in [-0.4, -0.2) is 32.1 Å². The van der Waals surface area contributed by atoms with Gasteiger partial charge in [-0.2, -0.15) is 0 Å². The van der Waals surface area contributed by atoms with E-state index in [2.05, 4.69) is 4.90 Å². The van der Waals surface area contributed by atoms with E-state index in [0.717, 1.165) is 44.0 Å². The number of anilines is 1. The van der Waals surface area contributed by atoms with Crippen molar-refractivity contribution in [2.45, 2.75) is 19.8 Å². The van der Waals surface area contributed by atoms with E-state index in [1.165, 1.54) is 0 Å². The molecule has 3 heteroatoms. The lowest BCUT2D eigenvalue weighted by Crippen LogP contribution is -2.37. The summed E-state index contributed by atoms with van der Waals surface area (Å²) in [6.45, 7) is 5.27. The molecule has 0 aliphatic carbocycles. The lowest BCUT2D eigenvalue weighted by molar-refractivity contribution is 0.0980. The number of carbonyl (C=O) groups excluding carboxylic acids is 1. The molecule has 1 aliphatic heterocycles. The number of morpholine rings is 1. The van der Waals surface area contributed by atoms with E-state index in [1.54, 1.807) is 0 Å². The maximum atomic E-state index is 12.1. The molecule has 1 aromatic carbocycles. The summed E-state index contributed by atoms with van der Waals surface area (Å²) < 4.78 is 5.34. The molecule has 0 unspecified atom stereocenters. The summed E-state index contributed by atoms with van der Waals surface area (Å²) in [5.74, 6) is 0.245. The molecule has 1 heterocycles. The van der Waals surface area contributed by atoms with Crippen molar-refractivity contribution in [2.75, 3.05) is 31.2 Å². The standard InChI is InChI=1S/C14H19NO2/c1-2-5-14(16)12-6-3-4-7-13(12)15-8-10-17-11-9-15/h3-4,6-7H,2,5,8-11H2,1H3. The third-order valence-electron chi connectivity index (χ3n) is 3.03. The highest BCUT2D eigenvalue weighted by Crippen LogP contribution is 2.23. The van der Waals surface area contributed by atoms with Crippen molar-refractivity contribution in [1.82, 2.24) is 0 Å². The molecule has 0 N–H and O–H groups in total. The summed E-state index contributed by atoms with van der Waals surface area (Å²) in [6, 6.07) is 7.90. The minimum absolute atomic E-state index is 0.245. The highest BCUT2D eigenvalue weighted by atomic mass is 16.5. The Balaban J connectivity index is 2.23. The normalized spacial score (nSPS) is 15.9. The van der Waals surface area contributed by atoms with Crippen LogP contribution in [0.3, 0.4) is 0 Å². The zero-order valence-corrected chi connectivity index (χ0v) is 10.3. The molecular formula is C14H19NO2. The van der Waals surface area contributed by atoms with Crippen LogP contribution in [0.15, 0.2) is 24.3 Å². The number of Topliss-reactive ketones (excluding diaryl/α,β-unsaturated/α-hetero) is 1. The van der Waals surface area contributed by atoms with Crippen LogP contribution in [0.2, 0.25) is 0 Å². The molecule has 1 aromatic rings. The molecule has 0 radical (unpaired) electrons. The van der Waals surface area contributed by atoms with Gasteiger partial charge in [-0.05, 0) is 18.6 Å². The minimum atomic E-state index is 0.245.